The molecule has 3 aromatic rings. The normalized spacial score (nSPS) is 10.5. The van der Waals surface area contributed by atoms with Crippen LogP contribution in [0.3, 0.4) is 0 Å². The Labute approximate surface area is 144 Å². The van der Waals surface area contributed by atoms with Crippen molar-refractivity contribution in [1.29, 1.82) is 0 Å². The SMILES string of the molecule is CCNc1c(NC(=O)c2ccc(OC)cc2)c(=O)oc2ccccc12. The summed E-state index contributed by atoms with van der Waals surface area (Å²) in [5.74, 6) is 0.250. The molecule has 1 heterocycles. The minimum absolute atomic E-state index is 0.0985. The van der Waals surface area contributed by atoms with Crippen molar-refractivity contribution in [3.8, 4) is 5.75 Å². The maximum atomic E-state index is 12.5. The van der Waals surface area contributed by atoms with E-state index >= 15 is 0 Å². The average Bonchev–Trinajstić information content (AvgIpc) is 2.64. The fourth-order valence-corrected chi connectivity index (χ4v) is 2.55. The van der Waals surface area contributed by atoms with Crippen LogP contribution in [0.1, 0.15) is 17.3 Å². The first kappa shape index (κ1) is 16.6. The lowest BCUT2D eigenvalue weighted by atomic mass is 10.1. The fraction of sp³-hybridized carbons (Fsp3) is 0.158. The van der Waals surface area contributed by atoms with Crippen LogP contribution in [0.5, 0.6) is 5.75 Å². The molecule has 0 aliphatic rings. The lowest BCUT2D eigenvalue weighted by Gasteiger charge is -2.13. The van der Waals surface area contributed by atoms with Gasteiger partial charge in [-0.1, -0.05) is 12.1 Å². The van der Waals surface area contributed by atoms with Gasteiger partial charge < -0.3 is 19.8 Å². The number of nitrogens with one attached hydrogen (secondary N) is 2. The number of carbonyl (C=O) groups excluding carboxylic acids is 1. The molecule has 0 radical (unpaired) electrons. The van der Waals surface area contributed by atoms with E-state index in [9.17, 15) is 9.59 Å². The summed E-state index contributed by atoms with van der Waals surface area (Å²) in [4.78, 5) is 24.9. The summed E-state index contributed by atoms with van der Waals surface area (Å²) >= 11 is 0. The predicted octanol–water partition coefficient (Wildman–Crippen LogP) is 3.49. The van der Waals surface area contributed by atoms with Crippen LogP contribution in [-0.2, 0) is 0 Å². The molecule has 3 rings (SSSR count). The zero-order valence-corrected chi connectivity index (χ0v) is 14.0. The summed E-state index contributed by atoms with van der Waals surface area (Å²) in [7, 11) is 1.55. The summed E-state index contributed by atoms with van der Waals surface area (Å²) in [5, 5.41) is 6.53. The van der Waals surface area contributed by atoms with E-state index in [2.05, 4.69) is 10.6 Å². The summed E-state index contributed by atoms with van der Waals surface area (Å²) in [6.45, 7) is 2.51. The standard InChI is InChI=1S/C19H18N2O4/c1-3-20-16-14-6-4-5-7-15(14)25-19(23)17(16)21-18(22)12-8-10-13(24-2)11-9-12/h4-11,20H,3H2,1-2H3,(H,21,22). The van der Waals surface area contributed by atoms with Crippen LogP contribution < -0.4 is 21.0 Å². The number of benzene rings is 2. The van der Waals surface area contributed by atoms with Crippen LogP contribution in [0.15, 0.2) is 57.7 Å². The van der Waals surface area contributed by atoms with Gasteiger partial charge >= 0.3 is 5.63 Å². The van der Waals surface area contributed by atoms with Crippen molar-refractivity contribution in [2.75, 3.05) is 24.3 Å². The number of amides is 1. The van der Waals surface area contributed by atoms with Gasteiger partial charge in [-0.15, -0.1) is 0 Å². The Balaban J connectivity index is 2.02. The summed E-state index contributed by atoms with van der Waals surface area (Å²) < 4.78 is 10.4. The predicted molar refractivity (Wildman–Crippen MR) is 97.6 cm³/mol. The molecule has 0 spiro atoms. The number of hydrogen-bond acceptors (Lipinski definition) is 5. The van der Waals surface area contributed by atoms with Crippen LogP contribution in [0, 0.1) is 0 Å². The Kier molecular flexibility index (Phi) is 4.70. The van der Waals surface area contributed by atoms with Gasteiger partial charge in [0.1, 0.15) is 11.3 Å². The molecule has 0 saturated carbocycles. The highest BCUT2D eigenvalue weighted by molar-refractivity contribution is 6.08. The quantitative estimate of drug-likeness (QED) is 0.696. The van der Waals surface area contributed by atoms with Crippen LogP contribution in [-0.4, -0.2) is 19.6 Å². The number of hydrogen-bond donors (Lipinski definition) is 2. The number of rotatable bonds is 5. The molecule has 6 nitrogen and oxygen atoms in total. The third kappa shape index (κ3) is 3.33. The third-order valence-corrected chi connectivity index (χ3v) is 3.76. The minimum atomic E-state index is -0.600. The van der Waals surface area contributed by atoms with Gasteiger partial charge in [0, 0.05) is 17.5 Å². The van der Waals surface area contributed by atoms with Crippen molar-refractivity contribution < 1.29 is 13.9 Å². The van der Waals surface area contributed by atoms with E-state index in [1.54, 1.807) is 43.5 Å². The Bertz CT molecular complexity index is 961. The molecule has 6 heteroatoms. The number of ether oxygens (including phenoxy) is 1. The number of anilines is 2. The summed E-state index contributed by atoms with van der Waals surface area (Å²) in [5.41, 5.74) is 0.927. The minimum Gasteiger partial charge on any atom is -0.497 e. The molecular formula is C19H18N2O4. The van der Waals surface area contributed by atoms with E-state index in [0.717, 1.165) is 5.39 Å². The topological polar surface area (TPSA) is 80.6 Å². The number of carbonyl (C=O) groups is 1. The molecule has 0 unspecified atom stereocenters. The maximum Gasteiger partial charge on any atom is 0.362 e. The fourth-order valence-electron chi connectivity index (χ4n) is 2.55. The number of methoxy groups -OCH3 is 1. The first-order valence-electron chi connectivity index (χ1n) is 7.89. The second-order valence-corrected chi connectivity index (χ2v) is 5.35. The lowest BCUT2D eigenvalue weighted by molar-refractivity contribution is 0.102. The van der Waals surface area contributed by atoms with E-state index in [1.807, 2.05) is 19.1 Å². The number of fused-ring (bicyclic) bond motifs is 1. The van der Waals surface area contributed by atoms with Crippen LogP contribution in [0.4, 0.5) is 11.4 Å². The zero-order chi connectivity index (χ0) is 17.8. The van der Waals surface area contributed by atoms with Crippen LogP contribution in [0.25, 0.3) is 11.0 Å². The Morgan fingerprint density at radius 1 is 1.08 bits per heavy atom. The smallest absolute Gasteiger partial charge is 0.362 e. The molecule has 0 aliphatic heterocycles. The second kappa shape index (κ2) is 7.09. The van der Waals surface area contributed by atoms with Crippen molar-refractivity contribution >= 4 is 28.3 Å². The molecule has 1 amide bonds. The molecule has 0 atom stereocenters. The van der Waals surface area contributed by atoms with Crippen LogP contribution >= 0.6 is 0 Å². The number of para-hydroxylation sites is 1. The zero-order valence-electron chi connectivity index (χ0n) is 14.0. The van der Waals surface area contributed by atoms with Crippen LogP contribution in [0.2, 0.25) is 0 Å². The second-order valence-electron chi connectivity index (χ2n) is 5.35. The lowest BCUT2D eigenvalue weighted by Crippen LogP contribution is -2.20. The highest BCUT2D eigenvalue weighted by Gasteiger charge is 2.17. The van der Waals surface area contributed by atoms with Gasteiger partial charge in [-0.2, -0.15) is 0 Å². The van der Waals surface area contributed by atoms with Crippen molar-refractivity contribution in [3.05, 3.63) is 64.5 Å². The maximum absolute atomic E-state index is 12.5. The van der Waals surface area contributed by atoms with Crippen molar-refractivity contribution in [1.82, 2.24) is 0 Å². The van der Waals surface area contributed by atoms with E-state index in [-0.39, 0.29) is 5.69 Å². The first-order valence-corrected chi connectivity index (χ1v) is 7.89. The molecule has 2 N–H and O–H groups in total. The molecular weight excluding hydrogens is 320 g/mol. The van der Waals surface area contributed by atoms with Gasteiger partial charge in [0.05, 0.1) is 12.8 Å². The van der Waals surface area contributed by atoms with E-state index < -0.39 is 11.5 Å². The average molecular weight is 338 g/mol. The van der Waals surface area contributed by atoms with Crippen molar-refractivity contribution in [2.24, 2.45) is 0 Å². The molecule has 0 aliphatic carbocycles. The van der Waals surface area contributed by atoms with Gasteiger partial charge in [0.15, 0.2) is 5.69 Å². The van der Waals surface area contributed by atoms with Gasteiger partial charge in [-0.25, -0.2) is 4.79 Å². The van der Waals surface area contributed by atoms with E-state index in [1.165, 1.54) is 0 Å². The molecule has 128 valence electrons. The highest BCUT2D eigenvalue weighted by Crippen LogP contribution is 2.28. The van der Waals surface area contributed by atoms with Gasteiger partial charge in [0.2, 0.25) is 0 Å². The van der Waals surface area contributed by atoms with Gasteiger partial charge in [-0.3, -0.25) is 4.79 Å². The molecule has 1 aromatic heterocycles. The Morgan fingerprint density at radius 3 is 2.48 bits per heavy atom. The molecule has 0 bridgehead atoms. The van der Waals surface area contributed by atoms with E-state index in [0.29, 0.717) is 29.1 Å². The Hall–Kier alpha value is -3.28. The summed E-state index contributed by atoms with van der Waals surface area (Å²) in [6.07, 6.45) is 0. The first-order chi connectivity index (χ1) is 12.1. The summed E-state index contributed by atoms with van der Waals surface area (Å²) in [6, 6.07) is 13.8. The van der Waals surface area contributed by atoms with Crippen molar-refractivity contribution in [2.45, 2.75) is 6.92 Å². The van der Waals surface area contributed by atoms with Gasteiger partial charge in [-0.05, 0) is 43.3 Å². The van der Waals surface area contributed by atoms with E-state index in [4.69, 9.17) is 9.15 Å². The third-order valence-electron chi connectivity index (χ3n) is 3.76. The molecule has 0 saturated heterocycles. The van der Waals surface area contributed by atoms with Crippen molar-refractivity contribution in [3.63, 3.8) is 0 Å². The van der Waals surface area contributed by atoms with Gasteiger partial charge in [0.25, 0.3) is 5.91 Å². The Morgan fingerprint density at radius 2 is 1.80 bits per heavy atom. The largest absolute Gasteiger partial charge is 0.497 e. The molecule has 2 aromatic carbocycles. The monoisotopic (exact) mass is 338 g/mol. The highest BCUT2D eigenvalue weighted by atomic mass is 16.5. The molecule has 25 heavy (non-hydrogen) atoms. The molecule has 0 fully saturated rings.